The normalized spacial score (nSPS) is 17.9. The lowest BCUT2D eigenvalue weighted by atomic mass is 9.96. The minimum absolute atomic E-state index is 0.148. The van der Waals surface area contributed by atoms with Gasteiger partial charge in [0.15, 0.2) is 0 Å². The van der Waals surface area contributed by atoms with Crippen LogP contribution >= 0.6 is 15.9 Å². The van der Waals surface area contributed by atoms with E-state index in [0.29, 0.717) is 16.9 Å². The molecule has 0 atom stereocenters. The van der Waals surface area contributed by atoms with Gasteiger partial charge in [-0.05, 0) is 74.0 Å². The SMILES string of the molecule is CN1CCC(CN(C)Cc2c(F)ccc(Br)c2F)CC1. The number of hydrogen-bond donors (Lipinski definition) is 0. The van der Waals surface area contributed by atoms with Crippen LogP contribution in [0.2, 0.25) is 0 Å². The Balaban J connectivity index is 1.95. The van der Waals surface area contributed by atoms with Gasteiger partial charge in [0.05, 0.1) is 4.47 Å². The van der Waals surface area contributed by atoms with E-state index >= 15 is 0 Å². The topological polar surface area (TPSA) is 6.48 Å². The standard InChI is InChI=1S/C15H21BrF2N2/c1-19-7-5-11(6-8-19)9-20(2)10-12-14(17)4-3-13(16)15(12)18/h3-4,11H,5-10H2,1-2H3. The fourth-order valence-corrected chi connectivity index (χ4v) is 3.11. The van der Waals surface area contributed by atoms with Gasteiger partial charge in [-0.3, -0.25) is 0 Å². The third-order valence-electron chi connectivity index (χ3n) is 3.97. The molecular formula is C15H21BrF2N2. The molecule has 1 heterocycles. The molecule has 0 N–H and O–H groups in total. The van der Waals surface area contributed by atoms with E-state index in [1.54, 1.807) is 0 Å². The zero-order valence-corrected chi connectivity index (χ0v) is 13.6. The Hall–Kier alpha value is -0.520. The average Bonchev–Trinajstić information content (AvgIpc) is 2.42. The summed E-state index contributed by atoms with van der Waals surface area (Å²) in [6.07, 6.45) is 2.31. The van der Waals surface area contributed by atoms with E-state index in [1.165, 1.54) is 12.1 Å². The number of likely N-dealkylation sites (tertiary alicyclic amines) is 1. The van der Waals surface area contributed by atoms with Gasteiger partial charge in [-0.2, -0.15) is 0 Å². The van der Waals surface area contributed by atoms with Gasteiger partial charge >= 0.3 is 0 Å². The van der Waals surface area contributed by atoms with E-state index in [-0.39, 0.29) is 5.56 Å². The van der Waals surface area contributed by atoms with Crippen LogP contribution in [0.3, 0.4) is 0 Å². The monoisotopic (exact) mass is 346 g/mol. The van der Waals surface area contributed by atoms with Gasteiger partial charge in [-0.1, -0.05) is 0 Å². The Kier molecular flexibility index (Phi) is 5.52. The van der Waals surface area contributed by atoms with E-state index in [0.717, 1.165) is 32.5 Å². The highest BCUT2D eigenvalue weighted by molar-refractivity contribution is 9.10. The molecule has 20 heavy (non-hydrogen) atoms. The van der Waals surface area contributed by atoms with Crippen molar-refractivity contribution < 1.29 is 8.78 Å². The summed E-state index contributed by atoms with van der Waals surface area (Å²) >= 11 is 3.11. The maximum atomic E-state index is 13.9. The summed E-state index contributed by atoms with van der Waals surface area (Å²) < 4.78 is 28.0. The molecule has 112 valence electrons. The number of benzene rings is 1. The van der Waals surface area contributed by atoms with Crippen molar-refractivity contribution in [1.29, 1.82) is 0 Å². The molecule has 0 bridgehead atoms. The molecule has 1 aliphatic rings. The van der Waals surface area contributed by atoms with Crippen LogP contribution in [-0.4, -0.2) is 43.5 Å². The van der Waals surface area contributed by atoms with Gasteiger partial charge in [0.25, 0.3) is 0 Å². The number of halogens is 3. The molecule has 0 unspecified atom stereocenters. The average molecular weight is 347 g/mol. The van der Waals surface area contributed by atoms with Crippen molar-refractivity contribution in [3.05, 3.63) is 33.8 Å². The minimum Gasteiger partial charge on any atom is -0.306 e. The van der Waals surface area contributed by atoms with E-state index < -0.39 is 11.6 Å². The zero-order valence-electron chi connectivity index (χ0n) is 12.0. The summed E-state index contributed by atoms with van der Waals surface area (Å²) in [6, 6.07) is 2.72. The molecule has 0 radical (unpaired) electrons. The lowest BCUT2D eigenvalue weighted by Gasteiger charge is -2.31. The predicted octanol–water partition coefficient (Wildman–Crippen LogP) is 3.50. The molecule has 1 aromatic rings. The predicted molar refractivity (Wildman–Crippen MR) is 80.6 cm³/mol. The Morgan fingerprint density at radius 3 is 2.60 bits per heavy atom. The van der Waals surface area contributed by atoms with Crippen molar-refractivity contribution >= 4 is 15.9 Å². The summed E-state index contributed by atoms with van der Waals surface area (Å²) in [7, 11) is 4.06. The third kappa shape index (κ3) is 3.99. The third-order valence-corrected chi connectivity index (χ3v) is 4.59. The molecule has 2 nitrogen and oxygen atoms in total. The Morgan fingerprint density at radius 1 is 1.30 bits per heavy atom. The number of nitrogens with zero attached hydrogens (tertiary/aromatic N) is 2. The molecule has 0 saturated carbocycles. The molecule has 0 aromatic heterocycles. The first-order valence-electron chi connectivity index (χ1n) is 6.97. The van der Waals surface area contributed by atoms with Gasteiger partial charge < -0.3 is 9.80 Å². The largest absolute Gasteiger partial charge is 0.306 e. The van der Waals surface area contributed by atoms with Crippen molar-refractivity contribution in [2.45, 2.75) is 19.4 Å². The fraction of sp³-hybridized carbons (Fsp3) is 0.600. The number of piperidine rings is 1. The maximum Gasteiger partial charge on any atom is 0.144 e. The van der Waals surface area contributed by atoms with Crippen molar-refractivity contribution in [1.82, 2.24) is 9.80 Å². The molecule has 0 aliphatic carbocycles. The second kappa shape index (κ2) is 6.96. The van der Waals surface area contributed by atoms with Gasteiger partial charge in [0.2, 0.25) is 0 Å². The number of rotatable bonds is 4. The van der Waals surface area contributed by atoms with Crippen molar-refractivity contribution in [3.63, 3.8) is 0 Å². The van der Waals surface area contributed by atoms with Crippen LogP contribution < -0.4 is 0 Å². The highest BCUT2D eigenvalue weighted by Gasteiger charge is 2.20. The second-order valence-electron chi connectivity index (χ2n) is 5.77. The van der Waals surface area contributed by atoms with Gasteiger partial charge in [-0.25, -0.2) is 8.78 Å². The lowest BCUT2D eigenvalue weighted by molar-refractivity contribution is 0.172. The van der Waals surface area contributed by atoms with Crippen LogP contribution in [0, 0.1) is 17.6 Å². The first-order valence-corrected chi connectivity index (χ1v) is 7.76. The summed E-state index contributed by atoms with van der Waals surface area (Å²) in [5.41, 5.74) is 0.148. The summed E-state index contributed by atoms with van der Waals surface area (Å²) in [4.78, 5) is 4.34. The van der Waals surface area contributed by atoms with Crippen molar-refractivity contribution in [3.8, 4) is 0 Å². The van der Waals surface area contributed by atoms with Gasteiger partial charge in [0.1, 0.15) is 11.6 Å². The van der Waals surface area contributed by atoms with Crippen molar-refractivity contribution in [2.24, 2.45) is 5.92 Å². The molecule has 5 heteroatoms. The summed E-state index contributed by atoms with van der Waals surface area (Å²) in [5.74, 6) is -0.337. The quantitative estimate of drug-likeness (QED) is 0.770. The van der Waals surface area contributed by atoms with Crippen LogP contribution in [0.5, 0.6) is 0 Å². The second-order valence-corrected chi connectivity index (χ2v) is 6.62. The smallest absolute Gasteiger partial charge is 0.144 e. The van der Waals surface area contributed by atoms with E-state index in [1.807, 2.05) is 11.9 Å². The summed E-state index contributed by atoms with van der Waals surface area (Å²) in [5, 5.41) is 0. The van der Waals surface area contributed by atoms with E-state index in [4.69, 9.17) is 0 Å². The molecule has 0 amide bonds. The van der Waals surface area contributed by atoms with Gasteiger partial charge in [0, 0.05) is 18.7 Å². The first-order chi connectivity index (χ1) is 9.47. The molecule has 1 saturated heterocycles. The van der Waals surface area contributed by atoms with Crippen LogP contribution in [0.4, 0.5) is 8.78 Å². The van der Waals surface area contributed by atoms with Gasteiger partial charge in [-0.15, -0.1) is 0 Å². The van der Waals surface area contributed by atoms with Crippen LogP contribution in [0.15, 0.2) is 16.6 Å². The molecular weight excluding hydrogens is 326 g/mol. The highest BCUT2D eigenvalue weighted by Crippen LogP contribution is 2.24. The van der Waals surface area contributed by atoms with E-state index in [2.05, 4.69) is 27.9 Å². The lowest BCUT2D eigenvalue weighted by Crippen LogP contribution is -2.35. The molecule has 0 spiro atoms. The zero-order chi connectivity index (χ0) is 14.7. The van der Waals surface area contributed by atoms with Crippen LogP contribution in [0.1, 0.15) is 18.4 Å². The number of hydrogen-bond acceptors (Lipinski definition) is 2. The van der Waals surface area contributed by atoms with Crippen molar-refractivity contribution in [2.75, 3.05) is 33.7 Å². The van der Waals surface area contributed by atoms with Crippen LogP contribution in [0.25, 0.3) is 0 Å². The molecule has 1 aromatic carbocycles. The maximum absolute atomic E-state index is 13.9. The Labute approximate surface area is 127 Å². The molecule has 2 rings (SSSR count). The Morgan fingerprint density at radius 2 is 1.95 bits per heavy atom. The van der Waals surface area contributed by atoms with E-state index in [9.17, 15) is 8.78 Å². The molecule has 1 fully saturated rings. The van der Waals surface area contributed by atoms with Crippen LogP contribution in [-0.2, 0) is 6.54 Å². The highest BCUT2D eigenvalue weighted by atomic mass is 79.9. The first kappa shape index (κ1) is 15.9. The Bertz CT molecular complexity index is 459. The fourth-order valence-electron chi connectivity index (χ4n) is 2.73. The minimum atomic E-state index is -0.486. The summed E-state index contributed by atoms with van der Waals surface area (Å²) in [6.45, 7) is 3.42. The molecule has 1 aliphatic heterocycles.